The molecule has 0 aliphatic rings. The van der Waals surface area contributed by atoms with Crippen LogP contribution in [0.1, 0.15) is 12.0 Å². The van der Waals surface area contributed by atoms with Crippen LogP contribution in [0, 0.1) is 11.6 Å². The molecule has 1 amide bonds. The maximum Gasteiger partial charge on any atom is 0.229 e. The van der Waals surface area contributed by atoms with Crippen molar-refractivity contribution in [1.82, 2.24) is 0 Å². The molecule has 3 aromatic rings. The average Bonchev–Trinajstić information content (AvgIpc) is 2.70. The first-order valence-electron chi connectivity index (χ1n) is 8.72. The summed E-state index contributed by atoms with van der Waals surface area (Å²) in [5.74, 6) is -1.86. The topological polar surface area (TPSA) is 32.3 Å². The zero-order valence-electron chi connectivity index (χ0n) is 14.7. The molecule has 3 rings (SSSR count). The van der Waals surface area contributed by atoms with Crippen molar-refractivity contribution in [3.05, 3.63) is 96.1 Å². The molecule has 0 bridgehead atoms. The lowest BCUT2D eigenvalue weighted by molar-refractivity contribution is -0.118. The molecule has 0 spiro atoms. The summed E-state index contributed by atoms with van der Waals surface area (Å²) in [5.41, 5.74) is 2.29. The van der Waals surface area contributed by atoms with Crippen molar-refractivity contribution in [1.29, 1.82) is 0 Å². The second-order valence-electron chi connectivity index (χ2n) is 6.11. The van der Waals surface area contributed by atoms with Crippen molar-refractivity contribution in [2.24, 2.45) is 0 Å². The Hall–Kier alpha value is -3.21. The molecule has 0 aromatic heterocycles. The van der Waals surface area contributed by atoms with E-state index in [0.29, 0.717) is 18.8 Å². The van der Waals surface area contributed by atoms with Gasteiger partial charge in [0.05, 0.1) is 6.54 Å². The summed E-state index contributed by atoms with van der Waals surface area (Å²) in [4.78, 5) is 14.5. The average molecular weight is 366 g/mol. The molecule has 0 saturated carbocycles. The van der Waals surface area contributed by atoms with E-state index in [0.717, 1.165) is 23.4 Å². The van der Waals surface area contributed by atoms with Crippen LogP contribution in [0.2, 0.25) is 0 Å². The predicted molar refractivity (Wildman–Crippen MR) is 104 cm³/mol. The van der Waals surface area contributed by atoms with Crippen LogP contribution in [-0.4, -0.2) is 12.5 Å². The molecular weight excluding hydrogens is 346 g/mol. The molecule has 3 nitrogen and oxygen atoms in total. The Labute approximate surface area is 157 Å². The molecule has 0 heterocycles. The minimum Gasteiger partial charge on any atom is -0.384 e. The molecule has 0 radical (unpaired) electrons. The number of hydrogen-bond donors (Lipinski definition) is 1. The van der Waals surface area contributed by atoms with Crippen LogP contribution in [0.25, 0.3) is 0 Å². The zero-order valence-corrected chi connectivity index (χ0v) is 14.7. The van der Waals surface area contributed by atoms with E-state index in [4.69, 9.17) is 0 Å². The van der Waals surface area contributed by atoms with Gasteiger partial charge in [-0.2, -0.15) is 0 Å². The van der Waals surface area contributed by atoms with E-state index >= 15 is 0 Å². The fourth-order valence-electron chi connectivity index (χ4n) is 2.75. The molecular formula is C22H20F2N2O. The zero-order chi connectivity index (χ0) is 19.1. The molecule has 138 valence electrons. The van der Waals surface area contributed by atoms with Crippen LogP contribution in [0.5, 0.6) is 0 Å². The van der Waals surface area contributed by atoms with E-state index in [1.165, 1.54) is 6.07 Å². The summed E-state index contributed by atoms with van der Waals surface area (Å²) >= 11 is 0. The number of para-hydroxylation sites is 1. The minimum atomic E-state index is -0.915. The van der Waals surface area contributed by atoms with Gasteiger partial charge in [0.1, 0.15) is 0 Å². The number of halogens is 2. The third-order valence-electron chi connectivity index (χ3n) is 4.14. The maximum absolute atomic E-state index is 13.3. The first-order chi connectivity index (χ1) is 13.1. The summed E-state index contributed by atoms with van der Waals surface area (Å²) < 4.78 is 26.3. The molecule has 1 N–H and O–H groups in total. The van der Waals surface area contributed by atoms with Gasteiger partial charge >= 0.3 is 0 Å². The van der Waals surface area contributed by atoms with Gasteiger partial charge in [-0.3, -0.25) is 4.79 Å². The van der Waals surface area contributed by atoms with Gasteiger partial charge in [0.25, 0.3) is 0 Å². The highest BCUT2D eigenvalue weighted by atomic mass is 19.2. The summed E-state index contributed by atoms with van der Waals surface area (Å²) in [6, 6.07) is 22.8. The first-order valence-corrected chi connectivity index (χ1v) is 8.72. The number of nitrogens with zero attached hydrogens (tertiary/aromatic N) is 1. The molecule has 0 aliphatic heterocycles. The number of amides is 1. The van der Waals surface area contributed by atoms with Gasteiger partial charge in [0.15, 0.2) is 11.6 Å². The van der Waals surface area contributed by atoms with Gasteiger partial charge in [-0.1, -0.05) is 48.5 Å². The monoisotopic (exact) mass is 366 g/mol. The van der Waals surface area contributed by atoms with E-state index < -0.39 is 11.6 Å². The third kappa shape index (κ3) is 5.14. The van der Waals surface area contributed by atoms with Gasteiger partial charge in [0, 0.05) is 24.3 Å². The largest absolute Gasteiger partial charge is 0.384 e. The quantitative estimate of drug-likeness (QED) is 0.638. The Kier molecular flexibility index (Phi) is 6.15. The maximum atomic E-state index is 13.3. The van der Waals surface area contributed by atoms with Crippen LogP contribution < -0.4 is 10.2 Å². The lowest BCUT2D eigenvalue weighted by Gasteiger charge is -2.23. The lowest BCUT2D eigenvalue weighted by atomic mass is 10.2. The number of anilines is 2. The standard InChI is InChI=1S/C22H20F2N2O/c23-20-12-11-18(15-21(20)24)25-14-13-22(27)26(19-9-5-2-6-10-19)16-17-7-3-1-4-8-17/h1-12,15,25H,13-14,16H2. The molecule has 0 saturated heterocycles. The van der Waals surface area contributed by atoms with Gasteiger partial charge in [-0.15, -0.1) is 0 Å². The van der Waals surface area contributed by atoms with Gasteiger partial charge in [0.2, 0.25) is 5.91 Å². The third-order valence-corrected chi connectivity index (χ3v) is 4.14. The van der Waals surface area contributed by atoms with E-state index in [-0.39, 0.29) is 12.3 Å². The Bertz CT molecular complexity index is 885. The molecule has 0 unspecified atom stereocenters. The molecule has 0 atom stereocenters. The van der Waals surface area contributed by atoms with Crippen LogP contribution in [-0.2, 0) is 11.3 Å². The van der Waals surface area contributed by atoms with Crippen molar-refractivity contribution in [2.45, 2.75) is 13.0 Å². The summed E-state index contributed by atoms with van der Waals surface area (Å²) in [6.45, 7) is 0.789. The Morgan fingerprint density at radius 2 is 1.52 bits per heavy atom. The highest BCUT2D eigenvalue weighted by Gasteiger charge is 2.16. The fourth-order valence-corrected chi connectivity index (χ4v) is 2.75. The van der Waals surface area contributed by atoms with Crippen molar-refractivity contribution in [3.8, 4) is 0 Å². The highest BCUT2D eigenvalue weighted by Crippen LogP contribution is 2.18. The van der Waals surface area contributed by atoms with Crippen molar-refractivity contribution in [2.75, 3.05) is 16.8 Å². The van der Waals surface area contributed by atoms with Gasteiger partial charge in [-0.05, 0) is 35.9 Å². The normalized spacial score (nSPS) is 10.4. The van der Waals surface area contributed by atoms with Crippen molar-refractivity contribution < 1.29 is 13.6 Å². The minimum absolute atomic E-state index is 0.0554. The fraction of sp³-hybridized carbons (Fsp3) is 0.136. The molecule has 0 aliphatic carbocycles. The van der Waals surface area contributed by atoms with Gasteiger partial charge in [-0.25, -0.2) is 8.78 Å². The van der Waals surface area contributed by atoms with E-state index in [1.54, 1.807) is 4.90 Å². The van der Waals surface area contributed by atoms with E-state index in [1.807, 2.05) is 60.7 Å². The second-order valence-corrected chi connectivity index (χ2v) is 6.11. The van der Waals surface area contributed by atoms with Crippen LogP contribution >= 0.6 is 0 Å². The smallest absolute Gasteiger partial charge is 0.229 e. The Morgan fingerprint density at radius 3 is 2.19 bits per heavy atom. The molecule has 27 heavy (non-hydrogen) atoms. The molecule has 3 aromatic carbocycles. The lowest BCUT2D eigenvalue weighted by Crippen LogP contribution is -2.31. The van der Waals surface area contributed by atoms with Gasteiger partial charge < -0.3 is 10.2 Å². The van der Waals surface area contributed by atoms with Crippen molar-refractivity contribution in [3.63, 3.8) is 0 Å². The highest BCUT2D eigenvalue weighted by molar-refractivity contribution is 5.93. The number of carbonyl (C=O) groups is 1. The van der Waals surface area contributed by atoms with Crippen LogP contribution in [0.15, 0.2) is 78.9 Å². The van der Waals surface area contributed by atoms with Crippen LogP contribution in [0.3, 0.4) is 0 Å². The first kappa shape index (κ1) is 18.6. The summed E-state index contributed by atoms with van der Waals surface area (Å²) in [6.07, 6.45) is 0.223. The Balaban J connectivity index is 1.66. The summed E-state index contributed by atoms with van der Waals surface area (Å²) in [7, 11) is 0. The SMILES string of the molecule is O=C(CCNc1ccc(F)c(F)c1)N(Cc1ccccc1)c1ccccc1. The molecule has 5 heteroatoms. The number of hydrogen-bond acceptors (Lipinski definition) is 2. The second kappa shape index (κ2) is 8.94. The Morgan fingerprint density at radius 1 is 0.852 bits per heavy atom. The number of nitrogens with one attached hydrogen (secondary N) is 1. The number of benzene rings is 3. The predicted octanol–water partition coefficient (Wildman–Crippen LogP) is 5.00. The van der Waals surface area contributed by atoms with E-state index in [2.05, 4.69) is 5.32 Å². The van der Waals surface area contributed by atoms with Crippen LogP contribution in [0.4, 0.5) is 20.2 Å². The summed E-state index contributed by atoms with van der Waals surface area (Å²) in [5, 5.41) is 2.96. The molecule has 0 fully saturated rings. The number of carbonyl (C=O) groups excluding carboxylic acids is 1. The van der Waals surface area contributed by atoms with Crippen molar-refractivity contribution >= 4 is 17.3 Å². The van der Waals surface area contributed by atoms with E-state index in [9.17, 15) is 13.6 Å². The number of rotatable bonds is 7.